The predicted molar refractivity (Wildman–Crippen MR) is 75.1 cm³/mol. The molecule has 0 spiro atoms. The Morgan fingerprint density at radius 2 is 1.83 bits per heavy atom. The minimum atomic E-state index is -3.65. The molecule has 0 amide bonds. The number of halogens is 2. The normalized spacial score (nSPS) is 11.8. The van der Waals surface area contributed by atoms with E-state index in [4.69, 9.17) is 23.2 Å². The summed E-state index contributed by atoms with van der Waals surface area (Å²) in [4.78, 5) is 0.0604. The van der Waals surface area contributed by atoms with Crippen molar-refractivity contribution in [3.63, 3.8) is 0 Å². The van der Waals surface area contributed by atoms with Crippen LogP contribution in [0, 0.1) is 13.8 Å². The van der Waals surface area contributed by atoms with Crippen LogP contribution in [0.4, 0.5) is 0 Å². The van der Waals surface area contributed by atoms with Crippen LogP contribution in [-0.2, 0) is 10.0 Å². The van der Waals surface area contributed by atoms with Gasteiger partial charge in [0.25, 0.3) is 0 Å². The maximum atomic E-state index is 12.2. The standard InChI is InChI=1S/C11H16Cl2N2O2S/c1-7-6-9(12)8(2)11(10(7)13)18(16,17)15-5-4-14-3/h6,14-15H,4-5H2,1-3H3. The van der Waals surface area contributed by atoms with Crippen molar-refractivity contribution >= 4 is 33.2 Å². The largest absolute Gasteiger partial charge is 0.318 e. The van der Waals surface area contributed by atoms with E-state index in [2.05, 4.69) is 10.0 Å². The average molecular weight is 311 g/mol. The van der Waals surface area contributed by atoms with Gasteiger partial charge in [-0.2, -0.15) is 0 Å². The zero-order chi connectivity index (χ0) is 13.9. The average Bonchev–Trinajstić information content (AvgIpc) is 2.26. The van der Waals surface area contributed by atoms with Crippen LogP contribution in [0.15, 0.2) is 11.0 Å². The highest BCUT2D eigenvalue weighted by Crippen LogP contribution is 2.33. The van der Waals surface area contributed by atoms with E-state index in [1.165, 1.54) is 0 Å². The topological polar surface area (TPSA) is 58.2 Å². The minimum absolute atomic E-state index is 0.0604. The van der Waals surface area contributed by atoms with Crippen molar-refractivity contribution in [2.75, 3.05) is 20.1 Å². The lowest BCUT2D eigenvalue weighted by molar-refractivity contribution is 0.579. The molecule has 0 saturated heterocycles. The number of sulfonamides is 1. The quantitative estimate of drug-likeness (QED) is 0.819. The zero-order valence-electron chi connectivity index (χ0n) is 10.5. The second-order valence-electron chi connectivity index (χ2n) is 3.94. The number of likely N-dealkylation sites (N-methyl/N-ethyl adjacent to an activating group) is 1. The lowest BCUT2D eigenvalue weighted by Crippen LogP contribution is -2.31. The summed E-state index contributed by atoms with van der Waals surface area (Å²) in [5.74, 6) is 0. The SMILES string of the molecule is CNCCNS(=O)(=O)c1c(C)c(Cl)cc(C)c1Cl. The number of hydrogen-bond acceptors (Lipinski definition) is 3. The van der Waals surface area contributed by atoms with Gasteiger partial charge in [-0.1, -0.05) is 23.2 Å². The van der Waals surface area contributed by atoms with Crippen molar-refractivity contribution in [3.05, 3.63) is 27.2 Å². The maximum absolute atomic E-state index is 12.2. The summed E-state index contributed by atoms with van der Waals surface area (Å²) in [6, 6.07) is 1.66. The van der Waals surface area contributed by atoms with Crippen LogP contribution < -0.4 is 10.0 Å². The highest BCUT2D eigenvalue weighted by atomic mass is 35.5. The number of aryl methyl sites for hydroxylation is 1. The molecule has 0 aromatic heterocycles. The van der Waals surface area contributed by atoms with Gasteiger partial charge < -0.3 is 5.32 Å². The molecule has 1 aromatic carbocycles. The molecule has 1 aromatic rings. The van der Waals surface area contributed by atoms with E-state index in [0.717, 1.165) is 0 Å². The maximum Gasteiger partial charge on any atom is 0.242 e. The summed E-state index contributed by atoms with van der Waals surface area (Å²) in [7, 11) is -1.90. The molecule has 0 bridgehead atoms. The van der Waals surface area contributed by atoms with Gasteiger partial charge in [0.1, 0.15) is 4.90 Å². The second-order valence-corrected chi connectivity index (χ2v) is 6.43. The minimum Gasteiger partial charge on any atom is -0.318 e. The Labute approximate surface area is 118 Å². The number of benzene rings is 1. The Kier molecular flexibility index (Phi) is 5.43. The Bertz CT molecular complexity index is 518. The monoisotopic (exact) mass is 310 g/mol. The fourth-order valence-corrected chi connectivity index (χ4v) is 3.76. The lowest BCUT2D eigenvalue weighted by atomic mass is 10.2. The summed E-state index contributed by atoms with van der Waals surface area (Å²) < 4.78 is 26.8. The zero-order valence-corrected chi connectivity index (χ0v) is 12.8. The molecule has 102 valence electrons. The highest BCUT2D eigenvalue weighted by Gasteiger charge is 2.23. The lowest BCUT2D eigenvalue weighted by Gasteiger charge is -2.14. The fraction of sp³-hybridized carbons (Fsp3) is 0.455. The summed E-state index contributed by atoms with van der Waals surface area (Å²) in [6.07, 6.45) is 0. The van der Waals surface area contributed by atoms with Crippen LogP contribution >= 0.6 is 23.2 Å². The molecular weight excluding hydrogens is 295 g/mol. The molecular formula is C11H16Cl2N2O2S. The van der Waals surface area contributed by atoms with Crippen molar-refractivity contribution < 1.29 is 8.42 Å². The first-order valence-electron chi connectivity index (χ1n) is 5.40. The molecule has 0 aliphatic rings. The molecule has 4 nitrogen and oxygen atoms in total. The molecule has 0 aliphatic carbocycles. The van der Waals surface area contributed by atoms with E-state index >= 15 is 0 Å². The third-order valence-corrected chi connectivity index (χ3v) is 5.15. The van der Waals surface area contributed by atoms with Crippen LogP contribution in [0.5, 0.6) is 0 Å². The molecule has 0 atom stereocenters. The summed E-state index contributed by atoms with van der Waals surface area (Å²) in [6.45, 7) is 4.19. The number of rotatable bonds is 5. The molecule has 7 heteroatoms. The molecule has 0 radical (unpaired) electrons. The van der Waals surface area contributed by atoms with Crippen LogP contribution in [0.25, 0.3) is 0 Å². The van der Waals surface area contributed by atoms with E-state index in [1.54, 1.807) is 27.0 Å². The Morgan fingerprint density at radius 3 is 2.39 bits per heavy atom. The van der Waals surface area contributed by atoms with Gasteiger partial charge in [-0.3, -0.25) is 0 Å². The fourth-order valence-electron chi connectivity index (χ4n) is 1.52. The van der Waals surface area contributed by atoms with Crippen molar-refractivity contribution in [1.82, 2.24) is 10.0 Å². The van der Waals surface area contributed by atoms with Gasteiger partial charge in [0.05, 0.1) is 5.02 Å². The molecule has 1 rings (SSSR count). The van der Waals surface area contributed by atoms with Crippen LogP contribution in [0.2, 0.25) is 10.0 Å². The van der Waals surface area contributed by atoms with Gasteiger partial charge in [0, 0.05) is 18.1 Å². The van der Waals surface area contributed by atoms with E-state index in [1.807, 2.05) is 0 Å². The third kappa shape index (κ3) is 3.36. The molecule has 0 fully saturated rings. The van der Waals surface area contributed by atoms with Crippen LogP contribution in [-0.4, -0.2) is 28.6 Å². The predicted octanol–water partition coefficient (Wildman–Crippen LogP) is 2.11. The molecule has 0 saturated carbocycles. The van der Waals surface area contributed by atoms with Crippen molar-refractivity contribution in [2.45, 2.75) is 18.7 Å². The van der Waals surface area contributed by atoms with Crippen molar-refractivity contribution in [3.8, 4) is 0 Å². The summed E-state index contributed by atoms with van der Waals surface area (Å²) in [5.41, 5.74) is 1.10. The van der Waals surface area contributed by atoms with Gasteiger partial charge in [-0.15, -0.1) is 0 Å². The van der Waals surface area contributed by atoms with Gasteiger partial charge >= 0.3 is 0 Å². The first-order chi connectivity index (χ1) is 8.31. The molecule has 0 unspecified atom stereocenters. The molecule has 0 aliphatic heterocycles. The van der Waals surface area contributed by atoms with E-state index in [0.29, 0.717) is 29.2 Å². The van der Waals surface area contributed by atoms with Crippen molar-refractivity contribution in [1.29, 1.82) is 0 Å². The summed E-state index contributed by atoms with van der Waals surface area (Å²) >= 11 is 12.1. The van der Waals surface area contributed by atoms with Gasteiger partial charge in [-0.05, 0) is 38.1 Å². The van der Waals surface area contributed by atoms with E-state index < -0.39 is 10.0 Å². The molecule has 0 heterocycles. The smallest absolute Gasteiger partial charge is 0.242 e. The Balaban J connectivity index is 3.24. The van der Waals surface area contributed by atoms with Crippen LogP contribution in [0.3, 0.4) is 0 Å². The second kappa shape index (κ2) is 6.21. The first kappa shape index (κ1) is 15.7. The first-order valence-corrected chi connectivity index (χ1v) is 7.64. The highest BCUT2D eigenvalue weighted by molar-refractivity contribution is 7.89. The Morgan fingerprint density at radius 1 is 1.22 bits per heavy atom. The van der Waals surface area contributed by atoms with E-state index in [-0.39, 0.29) is 9.92 Å². The summed E-state index contributed by atoms with van der Waals surface area (Å²) in [5, 5.41) is 3.47. The van der Waals surface area contributed by atoms with E-state index in [9.17, 15) is 8.42 Å². The van der Waals surface area contributed by atoms with Crippen molar-refractivity contribution in [2.24, 2.45) is 0 Å². The van der Waals surface area contributed by atoms with Gasteiger partial charge in [0.2, 0.25) is 10.0 Å². The molecule has 18 heavy (non-hydrogen) atoms. The Hall–Kier alpha value is -0.330. The number of nitrogens with one attached hydrogen (secondary N) is 2. The third-order valence-electron chi connectivity index (χ3n) is 2.52. The van der Waals surface area contributed by atoms with Gasteiger partial charge in [0.15, 0.2) is 0 Å². The molecule has 2 N–H and O–H groups in total. The van der Waals surface area contributed by atoms with Crippen LogP contribution in [0.1, 0.15) is 11.1 Å². The van der Waals surface area contributed by atoms with Gasteiger partial charge in [-0.25, -0.2) is 13.1 Å². The number of hydrogen-bond donors (Lipinski definition) is 2.